The Balaban J connectivity index is 1.93. The summed E-state index contributed by atoms with van der Waals surface area (Å²) in [6, 6.07) is 6.98. The normalized spacial score (nSPS) is 27.9. The van der Waals surface area contributed by atoms with Crippen LogP contribution in [0.2, 0.25) is 0 Å². The first-order valence-electron chi connectivity index (χ1n) is 6.69. The van der Waals surface area contributed by atoms with Crippen LogP contribution < -0.4 is 10.2 Å². The molecule has 3 atom stereocenters. The Labute approximate surface area is 109 Å². The summed E-state index contributed by atoms with van der Waals surface area (Å²) in [5.41, 5.74) is 0.494. The van der Waals surface area contributed by atoms with E-state index < -0.39 is 7.12 Å². The van der Waals surface area contributed by atoms with Crippen LogP contribution in [0.3, 0.4) is 0 Å². The lowest BCUT2D eigenvalue weighted by Crippen LogP contribution is -2.30. The molecule has 1 saturated carbocycles. The van der Waals surface area contributed by atoms with Gasteiger partial charge in [0.1, 0.15) is 5.75 Å². The van der Waals surface area contributed by atoms with Crippen LogP contribution in [-0.4, -0.2) is 23.3 Å². The average molecular weight is 248 g/mol. The van der Waals surface area contributed by atoms with Crippen LogP contribution in [0.5, 0.6) is 5.75 Å². The molecule has 0 heterocycles. The van der Waals surface area contributed by atoms with E-state index in [1.54, 1.807) is 24.3 Å². The lowest BCUT2D eigenvalue weighted by Gasteiger charge is -2.32. The Morgan fingerprint density at radius 1 is 1.06 bits per heavy atom. The molecule has 2 rings (SSSR count). The molecule has 3 unspecified atom stereocenters. The monoisotopic (exact) mass is 248 g/mol. The molecule has 0 radical (unpaired) electrons. The minimum atomic E-state index is -1.41. The molecule has 0 aliphatic heterocycles. The molecule has 18 heavy (non-hydrogen) atoms. The van der Waals surface area contributed by atoms with E-state index in [1.165, 1.54) is 6.42 Å². The zero-order valence-corrected chi connectivity index (χ0v) is 11.0. The van der Waals surface area contributed by atoms with Crippen LogP contribution in [0, 0.1) is 11.8 Å². The molecule has 3 nitrogen and oxygen atoms in total. The van der Waals surface area contributed by atoms with Gasteiger partial charge < -0.3 is 14.8 Å². The molecule has 1 aromatic carbocycles. The van der Waals surface area contributed by atoms with Crippen LogP contribution in [0.4, 0.5) is 0 Å². The summed E-state index contributed by atoms with van der Waals surface area (Å²) < 4.78 is 5.95. The van der Waals surface area contributed by atoms with E-state index in [9.17, 15) is 0 Å². The second kappa shape index (κ2) is 5.76. The van der Waals surface area contributed by atoms with Crippen molar-refractivity contribution < 1.29 is 14.8 Å². The van der Waals surface area contributed by atoms with Crippen molar-refractivity contribution in [3.8, 4) is 5.75 Å². The summed E-state index contributed by atoms with van der Waals surface area (Å²) in [7, 11) is -1.41. The van der Waals surface area contributed by atoms with Crippen molar-refractivity contribution in [1.29, 1.82) is 0 Å². The second-order valence-electron chi connectivity index (χ2n) is 5.45. The molecule has 1 fully saturated rings. The standard InChI is InChI=1S/C14H21BO3/c1-10-3-6-14(9-11(10)2)18-13-7-4-12(5-8-13)15(16)17/h4-5,7-8,10-11,14,16-17H,3,6,9H2,1-2H3. The lowest BCUT2D eigenvalue weighted by atomic mass is 9.80. The summed E-state index contributed by atoms with van der Waals surface area (Å²) >= 11 is 0. The minimum Gasteiger partial charge on any atom is -0.490 e. The van der Waals surface area contributed by atoms with Gasteiger partial charge in [0, 0.05) is 0 Å². The highest BCUT2D eigenvalue weighted by Gasteiger charge is 2.25. The largest absolute Gasteiger partial charge is 0.490 e. The van der Waals surface area contributed by atoms with Crippen molar-refractivity contribution in [3.05, 3.63) is 24.3 Å². The van der Waals surface area contributed by atoms with Crippen molar-refractivity contribution in [2.75, 3.05) is 0 Å². The summed E-state index contributed by atoms with van der Waals surface area (Å²) in [6.07, 6.45) is 3.72. The number of ether oxygens (including phenoxy) is 1. The van der Waals surface area contributed by atoms with E-state index in [-0.39, 0.29) is 0 Å². The SMILES string of the molecule is CC1CCC(Oc2ccc(B(O)O)cc2)CC1C. The Morgan fingerprint density at radius 2 is 1.72 bits per heavy atom. The maximum absolute atomic E-state index is 9.01. The van der Waals surface area contributed by atoms with Gasteiger partial charge in [-0.3, -0.25) is 0 Å². The molecule has 1 aliphatic carbocycles. The van der Waals surface area contributed by atoms with Gasteiger partial charge in [0.25, 0.3) is 0 Å². The van der Waals surface area contributed by atoms with Crippen LogP contribution in [0.15, 0.2) is 24.3 Å². The van der Waals surface area contributed by atoms with Gasteiger partial charge >= 0.3 is 7.12 Å². The summed E-state index contributed by atoms with van der Waals surface area (Å²) in [6.45, 7) is 4.59. The molecule has 0 saturated heterocycles. The maximum atomic E-state index is 9.01. The third-order valence-corrected chi connectivity index (χ3v) is 4.03. The number of hydrogen-bond acceptors (Lipinski definition) is 3. The van der Waals surface area contributed by atoms with Gasteiger partial charge in [0.2, 0.25) is 0 Å². The number of hydrogen-bond donors (Lipinski definition) is 2. The fourth-order valence-corrected chi connectivity index (χ4v) is 2.52. The fourth-order valence-electron chi connectivity index (χ4n) is 2.52. The molecule has 4 heteroatoms. The van der Waals surface area contributed by atoms with E-state index in [2.05, 4.69) is 13.8 Å². The Kier molecular flexibility index (Phi) is 4.30. The van der Waals surface area contributed by atoms with E-state index in [4.69, 9.17) is 14.8 Å². The van der Waals surface area contributed by atoms with Crippen molar-refractivity contribution in [1.82, 2.24) is 0 Å². The maximum Gasteiger partial charge on any atom is 0.488 e. The van der Waals surface area contributed by atoms with Crippen molar-refractivity contribution >= 4 is 12.6 Å². The molecular formula is C14H21BO3. The number of benzene rings is 1. The quantitative estimate of drug-likeness (QED) is 0.798. The topological polar surface area (TPSA) is 49.7 Å². The van der Waals surface area contributed by atoms with Crippen molar-refractivity contribution in [2.24, 2.45) is 11.8 Å². The number of rotatable bonds is 3. The van der Waals surface area contributed by atoms with Crippen LogP contribution in [-0.2, 0) is 0 Å². The first kappa shape index (κ1) is 13.4. The highest BCUT2D eigenvalue weighted by Crippen LogP contribution is 2.31. The summed E-state index contributed by atoms with van der Waals surface area (Å²) in [5, 5.41) is 18.0. The van der Waals surface area contributed by atoms with E-state index >= 15 is 0 Å². The zero-order chi connectivity index (χ0) is 13.1. The Bertz CT molecular complexity index is 377. The highest BCUT2D eigenvalue weighted by atomic mass is 16.5. The molecule has 1 aromatic rings. The lowest BCUT2D eigenvalue weighted by molar-refractivity contribution is 0.101. The van der Waals surface area contributed by atoms with Gasteiger partial charge in [-0.1, -0.05) is 26.0 Å². The molecular weight excluding hydrogens is 227 g/mol. The van der Waals surface area contributed by atoms with E-state index in [0.29, 0.717) is 17.5 Å². The molecule has 2 N–H and O–H groups in total. The van der Waals surface area contributed by atoms with Gasteiger partial charge in [-0.25, -0.2) is 0 Å². The van der Waals surface area contributed by atoms with E-state index in [0.717, 1.165) is 24.5 Å². The van der Waals surface area contributed by atoms with Gasteiger partial charge in [0.05, 0.1) is 6.10 Å². The van der Waals surface area contributed by atoms with Gasteiger partial charge in [-0.05, 0) is 48.7 Å². The molecule has 0 bridgehead atoms. The van der Waals surface area contributed by atoms with Crippen LogP contribution in [0.1, 0.15) is 33.1 Å². The Hall–Kier alpha value is -0.995. The summed E-state index contributed by atoms with van der Waals surface area (Å²) in [4.78, 5) is 0. The Morgan fingerprint density at radius 3 is 2.28 bits per heavy atom. The van der Waals surface area contributed by atoms with Gasteiger partial charge in [-0.2, -0.15) is 0 Å². The van der Waals surface area contributed by atoms with Crippen molar-refractivity contribution in [2.45, 2.75) is 39.2 Å². The second-order valence-corrected chi connectivity index (χ2v) is 5.45. The first-order valence-corrected chi connectivity index (χ1v) is 6.69. The summed E-state index contributed by atoms with van der Waals surface area (Å²) in [5.74, 6) is 2.31. The molecule has 0 amide bonds. The molecule has 1 aliphatic rings. The zero-order valence-electron chi connectivity index (χ0n) is 11.0. The predicted octanol–water partition coefficient (Wildman–Crippen LogP) is 1.57. The van der Waals surface area contributed by atoms with Crippen LogP contribution >= 0.6 is 0 Å². The fraction of sp³-hybridized carbons (Fsp3) is 0.571. The van der Waals surface area contributed by atoms with Crippen LogP contribution in [0.25, 0.3) is 0 Å². The van der Waals surface area contributed by atoms with Gasteiger partial charge in [0.15, 0.2) is 0 Å². The molecule has 98 valence electrons. The highest BCUT2D eigenvalue weighted by molar-refractivity contribution is 6.58. The first-order chi connectivity index (χ1) is 8.56. The predicted molar refractivity (Wildman–Crippen MR) is 72.9 cm³/mol. The molecule has 0 aromatic heterocycles. The third-order valence-electron chi connectivity index (χ3n) is 4.03. The third kappa shape index (κ3) is 3.27. The van der Waals surface area contributed by atoms with Gasteiger partial charge in [-0.15, -0.1) is 0 Å². The van der Waals surface area contributed by atoms with E-state index in [1.807, 2.05) is 0 Å². The average Bonchev–Trinajstić information content (AvgIpc) is 2.34. The minimum absolute atomic E-state index is 0.293. The smallest absolute Gasteiger partial charge is 0.488 e. The van der Waals surface area contributed by atoms with Crippen molar-refractivity contribution in [3.63, 3.8) is 0 Å². The molecule has 0 spiro atoms.